The van der Waals surface area contributed by atoms with Crippen LogP contribution in [-0.4, -0.2) is 9.36 Å². The van der Waals surface area contributed by atoms with Gasteiger partial charge in [-0.15, -0.1) is 0 Å². The van der Waals surface area contributed by atoms with Gasteiger partial charge in [0.05, 0.1) is 11.4 Å². The Balaban J connectivity index is 1.75. The number of ether oxygens (including phenoxy) is 1. The first kappa shape index (κ1) is 17.5. The van der Waals surface area contributed by atoms with Gasteiger partial charge >= 0.3 is 0 Å². The summed E-state index contributed by atoms with van der Waals surface area (Å²) in [5.74, 6) is 0.115. The monoisotopic (exact) mass is 370 g/mol. The highest BCUT2D eigenvalue weighted by atomic mass is 19.1. The number of rotatable bonds is 6. The van der Waals surface area contributed by atoms with Crippen LogP contribution in [0, 0.1) is 11.6 Å². The lowest BCUT2D eigenvalue weighted by molar-refractivity contribution is 0.288. The molecule has 3 aromatic rings. The van der Waals surface area contributed by atoms with Gasteiger partial charge in [0, 0.05) is 12.1 Å². The summed E-state index contributed by atoms with van der Waals surface area (Å²) in [4.78, 5) is 13.1. The Labute approximate surface area is 155 Å². The van der Waals surface area contributed by atoms with E-state index in [-0.39, 0.29) is 29.7 Å². The molecular formula is C21H20F2N2O2. The second-order valence-electron chi connectivity index (χ2n) is 6.69. The molecule has 1 aliphatic rings. The first-order chi connectivity index (χ1) is 13.1. The Hall–Kier alpha value is -2.89. The first-order valence-corrected chi connectivity index (χ1v) is 9.07. The normalized spacial score (nSPS) is 13.7. The summed E-state index contributed by atoms with van der Waals surface area (Å²) in [5.41, 5.74) is 2.13. The van der Waals surface area contributed by atoms with E-state index in [0.29, 0.717) is 18.0 Å². The number of hydrogen-bond acceptors (Lipinski definition) is 2. The molecule has 0 spiro atoms. The van der Waals surface area contributed by atoms with E-state index in [0.717, 1.165) is 24.1 Å². The van der Waals surface area contributed by atoms with E-state index in [2.05, 4.69) is 0 Å². The summed E-state index contributed by atoms with van der Waals surface area (Å²) in [7, 11) is 0. The summed E-state index contributed by atoms with van der Waals surface area (Å²) in [6, 6.07) is 11.7. The third-order valence-electron chi connectivity index (χ3n) is 4.83. The van der Waals surface area contributed by atoms with Crippen LogP contribution >= 0.6 is 0 Å². The van der Waals surface area contributed by atoms with Crippen LogP contribution in [0.5, 0.6) is 5.75 Å². The average Bonchev–Trinajstić information content (AvgIpc) is 3.46. The molecule has 1 fully saturated rings. The standard InChI is InChI=1S/C21H20F2N2O2/c1-2-24-19(13-27-18-11-7-16(23)8-12-18)20(14-3-4-14)21(26)25(24)17-9-5-15(22)6-10-17/h5-12,14H,2-4,13H2,1H3. The van der Waals surface area contributed by atoms with E-state index in [1.54, 1.807) is 28.9 Å². The van der Waals surface area contributed by atoms with Crippen molar-refractivity contribution in [2.45, 2.75) is 38.8 Å². The van der Waals surface area contributed by atoms with Crippen LogP contribution in [-0.2, 0) is 13.2 Å². The zero-order chi connectivity index (χ0) is 19.0. The van der Waals surface area contributed by atoms with Crippen molar-refractivity contribution in [2.75, 3.05) is 0 Å². The second-order valence-corrected chi connectivity index (χ2v) is 6.69. The molecule has 1 aromatic heterocycles. The molecule has 1 saturated carbocycles. The van der Waals surface area contributed by atoms with Gasteiger partial charge in [-0.05, 0) is 74.2 Å². The molecule has 140 valence electrons. The zero-order valence-corrected chi connectivity index (χ0v) is 15.0. The maximum absolute atomic E-state index is 13.3. The Kier molecular flexibility index (Phi) is 4.56. The van der Waals surface area contributed by atoms with Crippen molar-refractivity contribution in [3.63, 3.8) is 0 Å². The molecule has 4 nitrogen and oxygen atoms in total. The number of aromatic nitrogens is 2. The molecule has 1 aliphatic carbocycles. The minimum atomic E-state index is -0.344. The lowest BCUT2D eigenvalue weighted by Gasteiger charge is -2.14. The predicted molar refractivity (Wildman–Crippen MR) is 98.4 cm³/mol. The van der Waals surface area contributed by atoms with Gasteiger partial charge in [0.25, 0.3) is 5.56 Å². The summed E-state index contributed by atoms with van der Waals surface area (Å²) >= 11 is 0. The highest BCUT2D eigenvalue weighted by Crippen LogP contribution is 2.40. The zero-order valence-electron chi connectivity index (χ0n) is 15.0. The van der Waals surface area contributed by atoms with Gasteiger partial charge in [0.15, 0.2) is 0 Å². The first-order valence-electron chi connectivity index (χ1n) is 9.07. The van der Waals surface area contributed by atoms with E-state index >= 15 is 0 Å². The molecule has 2 aromatic carbocycles. The van der Waals surface area contributed by atoms with Gasteiger partial charge < -0.3 is 4.74 Å². The number of benzene rings is 2. The summed E-state index contributed by atoms with van der Waals surface area (Å²) < 4.78 is 35.7. The maximum Gasteiger partial charge on any atom is 0.275 e. The Morgan fingerprint density at radius 1 is 1.00 bits per heavy atom. The Bertz CT molecular complexity index is 1000. The average molecular weight is 370 g/mol. The van der Waals surface area contributed by atoms with Gasteiger partial charge in [0.2, 0.25) is 0 Å². The fraction of sp³-hybridized carbons (Fsp3) is 0.286. The second kappa shape index (κ2) is 7.02. The predicted octanol–water partition coefficient (Wildman–Crippen LogP) is 4.39. The van der Waals surface area contributed by atoms with Gasteiger partial charge in [-0.3, -0.25) is 9.48 Å². The van der Waals surface area contributed by atoms with Crippen molar-refractivity contribution < 1.29 is 13.5 Å². The van der Waals surface area contributed by atoms with Gasteiger partial charge in [-0.1, -0.05) is 0 Å². The molecule has 0 saturated heterocycles. The van der Waals surface area contributed by atoms with Crippen LogP contribution in [0.3, 0.4) is 0 Å². The van der Waals surface area contributed by atoms with Crippen LogP contribution in [0.15, 0.2) is 53.3 Å². The van der Waals surface area contributed by atoms with E-state index in [1.807, 2.05) is 11.6 Å². The molecule has 0 bridgehead atoms. The van der Waals surface area contributed by atoms with Crippen LogP contribution < -0.4 is 10.3 Å². The Morgan fingerprint density at radius 2 is 1.59 bits per heavy atom. The molecule has 6 heteroatoms. The van der Waals surface area contributed by atoms with Crippen LogP contribution in [0.2, 0.25) is 0 Å². The maximum atomic E-state index is 13.3. The lowest BCUT2D eigenvalue weighted by atomic mass is 10.1. The van der Waals surface area contributed by atoms with E-state index in [1.165, 1.54) is 24.3 Å². The van der Waals surface area contributed by atoms with Crippen molar-refractivity contribution >= 4 is 0 Å². The third kappa shape index (κ3) is 3.39. The molecule has 0 amide bonds. The van der Waals surface area contributed by atoms with Crippen LogP contribution in [0.4, 0.5) is 8.78 Å². The molecule has 0 atom stereocenters. The van der Waals surface area contributed by atoms with Crippen molar-refractivity contribution in [1.29, 1.82) is 0 Å². The SMILES string of the molecule is CCn1c(COc2ccc(F)cc2)c(C2CC2)c(=O)n1-c1ccc(F)cc1. The minimum absolute atomic E-state index is 0.0799. The largest absolute Gasteiger partial charge is 0.487 e. The Morgan fingerprint density at radius 3 is 2.15 bits per heavy atom. The molecule has 0 aliphatic heterocycles. The number of nitrogens with zero attached hydrogens (tertiary/aromatic N) is 2. The van der Waals surface area contributed by atoms with Crippen molar-refractivity contribution in [3.05, 3.63) is 81.8 Å². The van der Waals surface area contributed by atoms with Gasteiger partial charge in [-0.25, -0.2) is 13.5 Å². The summed E-state index contributed by atoms with van der Waals surface area (Å²) in [6.45, 7) is 2.74. The van der Waals surface area contributed by atoms with Crippen molar-refractivity contribution in [3.8, 4) is 11.4 Å². The fourth-order valence-corrected chi connectivity index (χ4v) is 3.40. The number of halogens is 2. The molecule has 27 heavy (non-hydrogen) atoms. The smallest absolute Gasteiger partial charge is 0.275 e. The molecule has 0 radical (unpaired) electrons. The summed E-state index contributed by atoms with van der Waals surface area (Å²) in [5, 5.41) is 0. The van der Waals surface area contributed by atoms with Crippen molar-refractivity contribution in [1.82, 2.24) is 9.36 Å². The third-order valence-corrected chi connectivity index (χ3v) is 4.83. The minimum Gasteiger partial charge on any atom is -0.487 e. The highest BCUT2D eigenvalue weighted by Gasteiger charge is 2.33. The van der Waals surface area contributed by atoms with Gasteiger partial charge in [-0.2, -0.15) is 0 Å². The van der Waals surface area contributed by atoms with Crippen LogP contribution in [0.1, 0.15) is 36.9 Å². The van der Waals surface area contributed by atoms with Crippen molar-refractivity contribution in [2.24, 2.45) is 0 Å². The molecule has 4 rings (SSSR count). The number of hydrogen-bond donors (Lipinski definition) is 0. The van der Waals surface area contributed by atoms with E-state index < -0.39 is 0 Å². The quantitative estimate of drug-likeness (QED) is 0.645. The highest BCUT2D eigenvalue weighted by molar-refractivity contribution is 5.37. The lowest BCUT2D eigenvalue weighted by Crippen LogP contribution is -2.22. The molecule has 0 unspecified atom stereocenters. The molecule has 1 heterocycles. The molecular weight excluding hydrogens is 350 g/mol. The topological polar surface area (TPSA) is 36.2 Å². The van der Waals surface area contributed by atoms with Gasteiger partial charge in [0.1, 0.15) is 24.0 Å². The van der Waals surface area contributed by atoms with E-state index in [4.69, 9.17) is 4.74 Å². The van der Waals surface area contributed by atoms with Crippen LogP contribution in [0.25, 0.3) is 5.69 Å². The fourth-order valence-electron chi connectivity index (χ4n) is 3.40. The van der Waals surface area contributed by atoms with E-state index in [9.17, 15) is 13.6 Å². The summed E-state index contributed by atoms with van der Waals surface area (Å²) in [6.07, 6.45) is 1.96. The molecule has 0 N–H and O–H groups in total.